The van der Waals surface area contributed by atoms with Crippen LogP contribution in [0, 0.1) is 5.92 Å². The third-order valence-corrected chi connectivity index (χ3v) is 7.11. The van der Waals surface area contributed by atoms with Crippen LogP contribution in [0.2, 0.25) is 0 Å². The Balaban J connectivity index is 1.24. The van der Waals surface area contributed by atoms with Crippen molar-refractivity contribution in [1.82, 2.24) is 19.9 Å². The molecule has 0 radical (unpaired) electrons. The summed E-state index contributed by atoms with van der Waals surface area (Å²) in [6, 6.07) is 15.6. The molecule has 176 valence electrons. The summed E-state index contributed by atoms with van der Waals surface area (Å²) in [7, 11) is 3.30. The Kier molecular flexibility index (Phi) is 6.35. The van der Waals surface area contributed by atoms with E-state index in [2.05, 4.69) is 10.2 Å². The number of nitrogens with zero attached hydrogens (tertiary/aromatic N) is 4. The Hall–Kier alpha value is -3.59. The van der Waals surface area contributed by atoms with Crippen LogP contribution in [-0.4, -0.2) is 47.8 Å². The van der Waals surface area contributed by atoms with Gasteiger partial charge < -0.3 is 19.7 Å². The second kappa shape index (κ2) is 9.72. The molecule has 2 aromatic heterocycles. The van der Waals surface area contributed by atoms with E-state index in [-0.39, 0.29) is 11.8 Å². The fraction of sp³-hybridized carbons (Fsp3) is 0.320. The molecule has 1 saturated heterocycles. The van der Waals surface area contributed by atoms with Crippen LogP contribution >= 0.6 is 11.3 Å². The second-order valence-corrected chi connectivity index (χ2v) is 9.22. The van der Waals surface area contributed by atoms with E-state index < -0.39 is 0 Å². The standard InChI is InChI=1S/C25H27N5O3S/c1-32-20-11-9-17(10-12-20)21-16-30-24(27-21)34-25(28-30)29-13-5-7-19(15-29)23(31)26-14-18-6-3-4-8-22(18)33-2/h3-4,6,8-12,16,19H,5,7,13-15H2,1-2H3,(H,26,31)/t19-/m0/s1. The molecule has 1 aliphatic rings. The van der Waals surface area contributed by atoms with Crippen molar-refractivity contribution >= 4 is 27.3 Å². The van der Waals surface area contributed by atoms with Gasteiger partial charge >= 0.3 is 0 Å². The van der Waals surface area contributed by atoms with E-state index in [1.165, 1.54) is 0 Å². The summed E-state index contributed by atoms with van der Waals surface area (Å²) in [5.41, 5.74) is 2.87. The van der Waals surface area contributed by atoms with Gasteiger partial charge in [-0.2, -0.15) is 0 Å². The first kappa shape index (κ1) is 22.2. The van der Waals surface area contributed by atoms with Crippen molar-refractivity contribution in [3.05, 3.63) is 60.3 Å². The van der Waals surface area contributed by atoms with Crippen LogP contribution in [-0.2, 0) is 11.3 Å². The highest BCUT2D eigenvalue weighted by Gasteiger charge is 2.28. The zero-order chi connectivity index (χ0) is 23.5. The monoisotopic (exact) mass is 477 g/mol. The number of fused-ring (bicyclic) bond motifs is 1. The molecule has 1 aliphatic heterocycles. The van der Waals surface area contributed by atoms with Crippen molar-refractivity contribution < 1.29 is 14.3 Å². The van der Waals surface area contributed by atoms with Gasteiger partial charge in [-0.3, -0.25) is 4.79 Å². The quantitative estimate of drug-likeness (QED) is 0.433. The van der Waals surface area contributed by atoms with E-state index in [9.17, 15) is 4.79 Å². The predicted molar refractivity (Wildman–Crippen MR) is 133 cm³/mol. The molecular weight excluding hydrogens is 450 g/mol. The molecule has 1 atom stereocenters. The number of ether oxygens (including phenoxy) is 2. The maximum atomic E-state index is 12.9. The van der Waals surface area contributed by atoms with E-state index in [0.717, 1.165) is 57.8 Å². The van der Waals surface area contributed by atoms with Crippen LogP contribution in [0.5, 0.6) is 11.5 Å². The molecule has 9 heteroatoms. The van der Waals surface area contributed by atoms with Crippen LogP contribution in [0.25, 0.3) is 16.2 Å². The molecule has 8 nitrogen and oxygen atoms in total. The first-order valence-corrected chi connectivity index (χ1v) is 12.1. The largest absolute Gasteiger partial charge is 0.497 e. The van der Waals surface area contributed by atoms with Crippen molar-refractivity contribution in [2.45, 2.75) is 19.4 Å². The molecule has 1 amide bonds. The number of amides is 1. The van der Waals surface area contributed by atoms with Crippen molar-refractivity contribution in [2.24, 2.45) is 5.92 Å². The maximum absolute atomic E-state index is 12.9. The number of aromatic nitrogens is 3. The fourth-order valence-electron chi connectivity index (χ4n) is 4.26. The average Bonchev–Trinajstić information content (AvgIpc) is 3.47. The van der Waals surface area contributed by atoms with E-state index in [1.807, 2.05) is 59.2 Å². The summed E-state index contributed by atoms with van der Waals surface area (Å²) in [4.78, 5) is 20.7. The van der Waals surface area contributed by atoms with Gasteiger partial charge in [0, 0.05) is 30.8 Å². The van der Waals surface area contributed by atoms with Gasteiger partial charge in [-0.25, -0.2) is 9.50 Å². The minimum atomic E-state index is -0.0745. The Morgan fingerprint density at radius 1 is 1.15 bits per heavy atom. The molecule has 3 heterocycles. The van der Waals surface area contributed by atoms with Crippen molar-refractivity contribution in [3.8, 4) is 22.8 Å². The lowest BCUT2D eigenvalue weighted by molar-refractivity contribution is -0.125. The van der Waals surface area contributed by atoms with Crippen LogP contribution in [0.4, 0.5) is 5.13 Å². The normalized spacial score (nSPS) is 15.9. The molecule has 2 aromatic carbocycles. The van der Waals surface area contributed by atoms with Gasteiger partial charge in [0.2, 0.25) is 16.0 Å². The first-order valence-electron chi connectivity index (χ1n) is 11.3. The number of nitrogens with one attached hydrogen (secondary N) is 1. The highest BCUT2D eigenvalue weighted by Crippen LogP contribution is 2.30. The summed E-state index contributed by atoms with van der Waals surface area (Å²) in [5, 5.41) is 8.73. The van der Waals surface area contributed by atoms with Gasteiger partial charge in [0.1, 0.15) is 11.5 Å². The summed E-state index contributed by atoms with van der Waals surface area (Å²) in [6.45, 7) is 2.00. The third-order valence-electron chi connectivity index (χ3n) is 6.13. The molecule has 0 spiro atoms. The topological polar surface area (TPSA) is 81.0 Å². The Morgan fingerprint density at radius 2 is 1.97 bits per heavy atom. The number of imidazole rings is 1. The number of carbonyl (C=O) groups excluding carboxylic acids is 1. The number of carbonyl (C=O) groups is 1. The zero-order valence-corrected chi connectivity index (χ0v) is 20.0. The lowest BCUT2D eigenvalue weighted by atomic mass is 9.97. The van der Waals surface area contributed by atoms with Gasteiger partial charge in [-0.05, 0) is 43.2 Å². The number of para-hydroxylation sites is 1. The van der Waals surface area contributed by atoms with E-state index in [4.69, 9.17) is 19.6 Å². The van der Waals surface area contributed by atoms with Gasteiger partial charge in [0.25, 0.3) is 0 Å². The zero-order valence-electron chi connectivity index (χ0n) is 19.2. The van der Waals surface area contributed by atoms with Gasteiger partial charge in [-0.15, -0.1) is 5.10 Å². The number of hydrogen-bond acceptors (Lipinski definition) is 7. The van der Waals surface area contributed by atoms with Gasteiger partial charge in [0.15, 0.2) is 0 Å². The Labute approximate surface area is 202 Å². The lowest BCUT2D eigenvalue weighted by Crippen LogP contribution is -2.43. The molecule has 0 unspecified atom stereocenters. The minimum absolute atomic E-state index is 0.0683. The summed E-state index contributed by atoms with van der Waals surface area (Å²) in [6.07, 6.45) is 3.77. The second-order valence-electron chi connectivity index (χ2n) is 8.28. The van der Waals surface area contributed by atoms with Gasteiger partial charge in [0.05, 0.1) is 32.0 Å². The third kappa shape index (κ3) is 4.56. The van der Waals surface area contributed by atoms with Crippen LogP contribution in [0.3, 0.4) is 0 Å². The van der Waals surface area contributed by atoms with Crippen LogP contribution in [0.15, 0.2) is 54.7 Å². The molecule has 5 rings (SSSR count). The number of rotatable bonds is 7. The van der Waals surface area contributed by atoms with Gasteiger partial charge in [-0.1, -0.05) is 29.5 Å². The highest BCUT2D eigenvalue weighted by molar-refractivity contribution is 7.20. The summed E-state index contributed by atoms with van der Waals surface area (Å²) >= 11 is 1.55. The van der Waals surface area contributed by atoms with E-state index in [0.29, 0.717) is 13.1 Å². The molecular formula is C25H27N5O3S. The average molecular weight is 478 g/mol. The van der Waals surface area contributed by atoms with Crippen molar-refractivity contribution in [1.29, 1.82) is 0 Å². The molecule has 0 aliphatic carbocycles. The number of benzene rings is 2. The molecule has 4 aromatic rings. The minimum Gasteiger partial charge on any atom is -0.497 e. The van der Waals surface area contributed by atoms with Crippen LogP contribution < -0.4 is 19.7 Å². The fourth-order valence-corrected chi connectivity index (χ4v) is 5.18. The predicted octanol–water partition coefficient (Wildman–Crippen LogP) is 4.01. The Morgan fingerprint density at radius 3 is 2.74 bits per heavy atom. The SMILES string of the molecule is COc1ccc(-c2cn3nc(N4CCC[C@H](C(=O)NCc5ccccc5OC)C4)sc3n2)cc1. The molecule has 1 N–H and O–H groups in total. The first-order chi connectivity index (χ1) is 16.6. The molecule has 1 fully saturated rings. The van der Waals surface area contributed by atoms with E-state index >= 15 is 0 Å². The molecule has 0 saturated carbocycles. The van der Waals surface area contributed by atoms with E-state index in [1.54, 1.807) is 25.6 Å². The molecule has 0 bridgehead atoms. The highest BCUT2D eigenvalue weighted by atomic mass is 32.1. The number of hydrogen-bond donors (Lipinski definition) is 1. The number of piperidine rings is 1. The summed E-state index contributed by atoms with van der Waals surface area (Å²) < 4.78 is 12.4. The Bertz CT molecular complexity index is 1250. The van der Waals surface area contributed by atoms with Crippen molar-refractivity contribution in [2.75, 3.05) is 32.2 Å². The summed E-state index contributed by atoms with van der Waals surface area (Å²) in [5.74, 6) is 1.60. The number of methoxy groups -OCH3 is 2. The van der Waals surface area contributed by atoms with Crippen molar-refractivity contribution in [3.63, 3.8) is 0 Å². The smallest absolute Gasteiger partial charge is 0.225 e. The lowest BCUT2D eigenvalue weighted by Gasteiger charge is -2.31. The number of anilines is 1. The molecule has 34 heavy (non-hydrogen) atoms. The maximum Gasteiger partial charge on any atom is 0.225 e. The van der Waals surface area contributed by atoms with Crippen LogP contribution in [0.1, 0.15) is 18.4 Å².